The molecule has 0 fully saturated rings. The van der Waals surface area contributed by atoms with Crippen molar-refractivity contribution >= 4 is 23.4 Å². The molecule has 10 heteroatoms. The van der Waals surface area contributed by atoms with E-state index in [0.717, 1.165) is 0 Å². The monoisotopic (exact) mass is 360 g/mol. The van der Waals surface area contributed by atoms with E-state index in [0.29, 0.717) is 28.2 Å². The molecule has 4 nitrogen and oxygen atoms in total. The molecule has 0 radical (unpaired) electrons. The fourth-order valence-electron chi connectivity index (χ4n) is 1.68. The molecule has 0 amide bonds. The number of benzene rings is 1. The van der Waals surface area contributed by atoms with Crippen molar-refractivity contribution in [2.45, 2.75) is 10.1 Å². The largest absolute Gasteiger partial charge is 0.258 e. The number of pyridine rings is 1. The van der Waals surface area contributed by atoms with Crippen LogP contribution < -0.4 is 0 Å². The second-order valence-corrected chi connectivity index (χ2v) is 5.64. The van der Waals surface area contributed by atoms with Crippen LogP contribution in [0.15, 0.2) is 34.3 Å². The van der Waals surface area contributed by atoms with E-state index < -0.39 is 28.4 Å². The average Bonchev–Trinajstić information content (AvgIpc) is 2.99. The van der Waals surface area contributed by atoms with Gasteiger partial charge < -0.3 is 0 Å². The Morgan fingerprint density at radius 2 is 1.52 bits per heavy atom. The highest BCUT2D eigenvalue weighted by atomic mass is 35.5. The first-order valence-electron chi connectivity index (χ1n) is 6.02. The van der Waals surface area contributed by atoms with Gasteiger partial charge in [0.25, 0.3) is 11.9 Å². The van der Waals surface area contributed by atoms with Crippen LogP contribution in [0.4, 0.5) is 17.6 Å². The van der Waals surface area contributed by atoms with Crippen molar-refractivity contribution in [3.63, 3.8) is 0 Å². The Hall–Kier alpha value is -2.13. The Balaban J connectivity index is 1.92. The second-order valence-electron chi connectivity index (χ2n) is 4.23. The molecule has 0 aliphatic rings. The number of rotatable bonds is 3. The molecular weight excluding hydrogens is 356 g/mol. The SMILES string of the molecule is Fc1nc(F)c(F)c(Sc2n[nH]c(-c3ccc(Cl)cc3)n2)c1F. The number of nitrogens with one attached hydrogen (secondary N) is 1. The standard InChI is InChI=1S/C13H5ClF4N4S/c14-6-3-1-5(2-4-6)12-20-13(22-21-12)23-9-7(15)10(17)19-11(18)8(9)16/h1-4H,(H,20,21,22). The van der Waals surface area contributed by atoms with Crippen LogP contribution in [0.25, 0.3) is 11.4 Å². The predicted octanol–water partition coefficient (Wildman–Crippen LogP) is 4.23. The molecule has 0 aliphatic heterocycles. The maximum atomic E-state index is 13.6. The van der Waals surface area contributed by atoms with Crippen LogP contribution in [-0.2, 0) is 0 Å². The quantitative estimate of drug-likeness (QED) is 0.561. The number of aromatic nitrogens is 4. The van der Waals surface area contributed by atoms with Crippen molar-refractivity contribution < 1.29 is 17.6 Å². The van der Waals surface area contributed by atoms with E-state index in [2.05, 4.69) is 20.2 Å². The van der Waals surface area contributed by atoms with E-state index >= 15 is 0 Å². The van der Waals surface area contributed by atoms with E-state index in [1.807, 2.05) is 0 Å². The van der Waals surface area contributed by atoms with Crippen LogP contribution in [-0.4, -0.2) is 20.2 Å². The number of halogens is 5. The molecule has 0 aliphatic carbocycles. The van der Waals surface area contributed by atoms with Gasteiger partial charge in [0.15, 0.2) is 17.5 Å². The summed E-state index contributed by atoms with van der Waals surface area (Å²) in [4.78, 5) is 5.57. The van der Waals surface area contributed by atoms with Crippen molar-refractivity contribution in [2.24, 2.45) is 0 Å². The van der Waals surface area contributed by atoms with Crippen LogP contribution >= 0.6 is 23.4 Å². The van der Waals surface area contributed by atoms with Crippen LogP contribution in [0.5, 0.6) is 0 Å². The molecular formula is C13H5ClF4N4S. The van der Waals surface area contributed by atoms with E-state index in [1.54, 1.807) is 24.3 Å². The highest BCUT2D eigenvalue weighted by Crippen LogP contribution is 2.32. The second kappa shape index (κ2) is 6.17. The molecule has 1 N–H and O–H groups in total. The summed E-state index contributed by atoms with van der Waals surface area (Å²) in [6.07, 6.45) is 0. The Labute approximate surface area is 135 Å². The minimum atomic E-state index is -1.74. The van der Waals surface area contributed by atoms with Gasteiger partial charge in [0.2, 0.25) is 5.16 Å². The first-order chi connectivity index (χ1) is 11.0. The summed E-state index contributed by atoms with van der Waals surface area (Å²) in [6.45, 7) is 0. The molecule has 0 saturated carbocycles. The third kappa shape index (κ3) is 3.15. The first-order valence-corrected chi connectivity index (χ1v) is 7.21. The van der Waals surface area contributed by atoms with E-state index in [4.69, 9.17) is 11.6 Å². The number of hydrogen-bond acceptors (Lipinski definition) is 4. The normalized spacial score (nSPS) is 11.0. The van der Waals surface area contributed by atoms with Gasteiger partial charge in [0, 0.05) is 10.6 Å². The highest BCUT2D eigenvalue weighted by Gasteiger charge is 2.23. The summed E-state index contributed by atoms with van der Waals surface area (Å²) < 4.78 is 53.2. The van der Waals surface area contributed by atoms with Crippen LogP contribution in [0.2, 0.25) is 5.02 Å². The van der Waals surface area contributed by atoms with Gasteiger partial charge in [0.05, 0.1) is 4.90 Å². The van der Waals surface area contributed by atoms with Crippen molar-refractivity contribution in [1.82, 2.24) is 20.2 Å². The fraction of sp³-hybridized carbons (Fsp3) is 0. The van der Waals surface area contributed by atoms with Gasteiger partial charge in [-0.05, 0) is 36.0 Å². The molecule has 23 heavy (non-hydrogen) atoms. The summed E-state index contributed by atoms with van der Waals surface area (Å²) in [5.41, 5.74) is 0.627. The Kier molecular flexibility index (Phi) is 4.22. The molecule has 3 aromatic rings. The zero-order chi connectivity index (χ0) is 16.6. The van der Waals surface area contributed by atoms with Crippen LogP contribution in [0.1, 0.15) is 0 Å². The zero-order valence-corrected chi connectivity index (χ0v) is 12.5. The molecule has 0 spiro atoms. The molecule has 1 aromatic carbocycles. The van der Waals surface area contributed by atoms with Gasteiger partial charge >= 0.3 is 0 Å². The lowest BCUT2D eigenvalue weighted by Crippen LogP contribution is -2.02. The third-order valence-corrected chi connectivity index (χ3v) is 3.91. The van der Waals surface area contributed by atoms with Crippen molar-refractivity contribution in [3.05, 3.63) is 52.8 Å². The molecule has 118 valence electrons. The smallest absolute Gasteiger partial charge is 0.252 e. The van der Waals surface area contributed by atoms with E-state index in [9.17, 15) is 17.6 Å². The van der Waals surface area contributed by atoms with Gasteiger partial charge in [-0.1, -0.05) is 11.6 Å². The molecule has 0 bridgehead atoms. The van der Waals surface area contributed by atoms with Crippen LogP contribution in [0.3, 0.4) is 0 Å². The summed E-state index contributed by atoms with van der Waals surface area (Å²) in [5.74, 6) is -6.38. The average molecular weight is 361 g/mol. The predicted molar refractivity (Wildman–Crippen MR) is 75.0 cm³/mol. The minimum Gasteiger partial charge on any atom is -0.258 e. The maximum Gasteiger partial charge on any atom is 0.252 e. The molecule has 2 heterocycles. The number of nitrogens with zero attached hydrogens (tertiary/aromatic N) is 3. The Morgan fingerprint density at radius 1 is 0.913 bits per heavy atom. The summed E-state index contributed by atoms with van der Waals surface area (Å²) in [5, 5.41) is 6.71. The van der Waals surface area contributed by atoms with Gasteiger partial charge in [-0.15, -0.1) is 5.10 Å². The number of hydrogen-bond donors (Lipinski definition) is 1. The van der Waals surface area contributed by atoms with Crippen molar-refractivity contribution in [2.75, 3.05) is 0 Å². The Bertz CT molecular complexity index is 843. The third-order valence-electron chi connectivity index (χ3n) is 2.73. The molecule has 0 saturated heterocycles. The fourth-order valence-corrected chi connectivity index (χ4v) is 2.56. The summed E-state index contributed by atoms with van der Waals surface area (Å²) in [6, 6.07) is 6.56. The van der Waals surface area contributed by atoms with E-state index in [1.165, 1.54) is 0 Å². The lowest BCUT2D eigenvalue weighted by atomic mass is 10.2. The molecule has 0 atom stereocenters. The van der Waals surface area contributed by atoms with Gasteiger partial charge in [-0.25, -0.2) is 13.8 Å². The zero-order valence-electron chi connectivity index (χ0n) is 10.9. The van der Waals surface area contributed by atoms with Crippen molar-refractivity contribution in [1.29, 1.82) is 0 Å². The topological polar surface area (TPSA) is 54.5 Å². The maximum absolute atomic E-state index is 13.6. The van der Waals surface area contributed by atoms with Gasteiger partial charge in [-0.3, -0.25) is 5.10 Å². The molecule has 0 unspecified atom stereocenters. The first kappa shape index (κ1) is 15.8. The number of H-pyrrole nitrogens is 1. The van der Waals surface area contributed by atoms with Gasteiger partial charge in [-0.2, -0.15) is 13.8 Å². The van der Waals surface area contributed by atoms with E-state index in [-0.39, 0.29) is 5.16 Å². The summed E-state index contributed by atoms with van der Waals surface area (Å²) >= 11 is 6.10. The van der Waals surface area contributed by atoms with Crippen molar-refractivity contribution in [3.8, 4) is 11.4 Å². The minimum absolute atomic E-state index is 0.113. The molecule has 2 aromatic heterocycles. The van der Waals surface area contributed by atoms with Gasteiger partial charge in [0.1, 0.15) is 0 Å². The number of aromatic amines is 1. The lowest BCUT2D eigenvalue weighted by molar-refractivity contribution is 0.383. The lowest BCUT2D eigenvalue weighted by Gasteiger charge is -2.02. The molecule has 3 rings (SSSR count). The van der Waals surface area contributed by atoms with Crippen LogP contribution in [0, 0.1) is 23.5 Å². The highest BCUT2D eigenvalue weighted by molar-refractivity contribution is 7.99. The summed E-state index contributed by atoms with van der Waals surface area (Å²) in [7, 11) is 0. The Morgan fingerprint density at radius 3 is 2.13 bits per heavy atom.